The van der Waals surface area contributed by atoms with Gasteiger partial charge >= 0.3 is 6.09 Å². The van der Waals surface area contributed by atoms with E-state index in [-0.39, 0.29) is 36.7 Å². The summed E-state index contributed by atoms with van der Waals surface area (Å²) in [5.41, 5.74) is -0.356. The van der Waals surface area contributed by atoms with Gasteiger partial charge in [0.25, 0.3) is 0 Å². The molecule has 3 unspecified atom stereocenters. The van der Waals surface area contributed by atoms with Crippen LogP contribution in [0, 0.1) is 23.0 Å². The van der Waals surface area contributed by atoms with Gasteiger partial charge in [-0.15, -0.1) is 0 Å². The Kier molecular flexibility index (Phi) is 14.7. The summed E-state index contributed by atoms with van der Waals surface area (Å²) in [5, 5.41) is 18.0. The first-order chi connectivity index (χ1) is 24.7. The molecule has 2 aromatic carbocycles. The van der Waals surface area contributed by atoms with Crippen molar-refractivity contribution in [3.8, 4) is 11.3 Å². The molecule has 0 aliphatic heterocycles. The van der Waals surface area contributed by atoms with Crippen molar-refractivity contribution in [2.24, 2.45) is 11.3 Å². The monoisotopic (exact) mass is 740 g/mol. The number of hydrogen-bond acceptors (Lipinski definition) is 7. The summed E-state index contributed by atoms with van der Waals surface area (Å²) in [7, 11) is 0. The minimum atomic E-state index is -0.950. The summed E-state index contributed by atoms with van der Waals surface area (Å²) in [6, 6.07) is 9.98. The first kappa shape index (κ1) is 42.6. The van der Waals surface area contributed by atoms with Crippen LogP contribution in [0.5, 0.6) is 0 Å². The molecule has 0 saturated heterocycles. The molecule has 0 saturated carbocycles. The molecule has 0 radical (unpaired) electrons. The lowest BCUT2D eigenvalue weighted by atomic mass is 9.84. The van der Waals surface area contributed by atoms with E-state index in [1.165, 1.54) is 11.8 Å². The number of imidazole rings is 1. The highest BCUT2D eigenvalue weighted by molar-refractivity contribution is 5.91. The molecule has 4 amide bonds. The summed E-state index contributed by atoms with van der Waals surface area (Å²) in [6.07, 6.45) is 1.15. The van der Waals surface area contributed by atoms with Crippen molar-refractivity contribution in [2.75, 3.05) is 19.7 Å². The van der Waals surface area contributed by atoms with E-state index in [0.717, 1.165) is 23.8 Å². The molecule has 14 heteroatoms. The zero-order valence-corrected chi connectivity index (χ0v) is 32.1. The van der Waals surface area contributed by atoms with E-state index >= 15 is 0 Å². The van der Waals surface area contributed by atoms with Crippen molar-refractivity contribution in [1.29, 1.82) is 0 Å². The second kappa shape index (κ2) is 18.3. The number of nitrogens with zero attached hydrogens (tertiary/aromatic N) is 3. The third-order valence-electron chi connectivity index (χ3n) is 8.29. The summed E-state index contributed by atoms with van der Waals surface area (Å²) in [5.74, 6) is -2.79. The van der Waals surface area contributed by atoms with Crippen LogP contribution in [0.3, 0.4) is 0 Å². The number of carbonyl (C=O) groups excluding carboxylic acids is 4. The summed E-state index contributed by atoms with van der Waals surface area (Å²) in [4.78, 5) is 58.0. The Hall–Kier alpha value is -4.85. The quantitative estimate of drug-likeness (QED) is 0.153. The van der Waals surface area contributed by atoms with Crippen LogP contribution in [-0.2, 0) is 25.7 Å². The predicted octanol–water partition coefficient (Wildman–Crippen LogP) is 5.35. The topological polar surface area (TPSA) is 155 Å². The number of ether oxygens (including phenoxy) is 1. The Morgan fingerprint density at radius 1 is 0.943 bits per heavy atom. The van der Waals surface area contributed by atoms with Gasteiger partial charge in [0, 0.05) is 31.4 Å². The molecule has 12 nitrogen and oxygen atoms in total. The van der Waals surface area contributed by atoms with Crippen LogP contribution in [-0.4, -0.2) is 80.8 Å². The predicted molar refractivity (Wildman–Crippen MR) is 197 cm³/mol. The van der Waals surface area contributed by atoms with Gasteiger partial charge in [-0.2, -0.15) is 0 Å². The largest absolute Gasteiger partial charge is 0.444 e. The molecule has 0 spiro atoms. The Labute approximate surface area is 310 Å². The van der Waals surface area contributed by atoms with Gasteiger partial charge in [-0.25, -0.2) is 18.6 Å². The molecule has 1 heterocycles. The van der Waals surface area contributed by atoms with Crippen LogP contribution in [0.1, 0.15) is 86.2 Å². The second-order valence-electron chi connectivity index (χ2n) is 15.5. The number of aliphatic hydroxyl groups excluding tert-OH is 1. The average molecular weight is 741 g/mol. The van der Waals surface area contributed by atoms with Gasteiger partial charge in [0.1, 0.15) is 41.8 Å². The van der Waals surface area contributed by atoms with Crippen LogP contribution in [0.2, 0.25) is 0 Å². The smallest absolute Gasteiger partial charge is 0.408 e. The van der Waals surface area contributed by atoms with Crippen LogP contribution >= 0.6 is 0 Å². The lowest BCUT2D eigenvalue weighted by Crippen LogP contribution is -2.55. The van der Waals surface area contributed by atoms with E-state index in [0.29, 0.717) is 12.4 Å². The van der Waals surface area contributed by atoms with Gasteiger partial charge in [-0.1, -0.05) is 65.0 Å². The Morgan fingerprint density at radius 3 is 2.19 bits per heavy atom. The maximum Gasteiger partial charge on any atom is 0.408 e. The zero-order valence-electron chi connectivity index (χ0n) is 32.1. The molecule has 0 aliphatic rings. The van der Waals surface area contributed by atoms with Gasteiger partial charge in [-0.3, -0.25) is 14.4 Å². The van der Waals surface area contributed by atoms with Gasteiger partial charge in [-0.05, 0) is 69.2 Å². The third kappa shape index (κ3) is 12.4. The van der Waals surface area contributed by atoms with Gasteiger partial charge < -0.3 is 35.3 Å². The fourth-order valence-corrected chi connectivity index (χ4v) is 5.81. The zero-order chi connectivity index (χ0) is 39.7. The number of aromatic nitrogens is 2. The van der Waals surface area contributed by atoms with E-state index in [2.05, 4.69) is 16.0 Å². The standard InChI is InChI=1S/C39H54F2N6O6/c1-24(2)32(45-37(52)53-39(7,8)9)36(51)43-25(3)35(50)42-18-13-19-47(31(49)23-48)33(38(4,5)6)34-44-30(28-20-27(40)16-17-29(28)41)22-46(34)21-26-14-11-10-12-15-26/h10-12,14-17,20,22,24-25,32-33,48H,13,18-19,21,23H2,1-9H3,(H,42,50)(H,43,51)(H,45,52). The second-order valence-corrected chi connectivity index (χ2v) is 15.5. The number of aliphatic hydroxyl groups is 1. The van der Waals surface area contributed by atoms with Crippen LogP contribution in [0.4, 0.5) is 13.6 Å². The number of carbonyl (C=O) groups is 4. The third-order valence-corrected chi connectivity index (χ3v) is 8.29. The number of rotatable bonds is 15. The highest BCUT2D eigenvalue weighted by Crippen LogP contribution is 2.39. The lowest BCUT2D eigenvalue weighted by Gasteiger charge is -2.40. The average Bonchev–Trinajstić information content (AvgIpc) is 3.46. The maximum atomic E-state index is 15.0. The summed E-state index contributed by atoms with van der Waals surface area (Å²) in [6.45, 7) is 15.6. The fraction of sp³-hybridized carbons (Fsp3) is 0.513. The van der Waals surface area contributed by atoms with E-state index in [1.54, 1.807) is 45.4 Å². The Morgan fingerprint density at radius 2 is 1.60 bits per heavy atom. The van der Waals surface area contributed by atoms with Crippen molar-refractivity contribution < 1.29 is 37.8 Å². The fourth-order valence-electron chi connectivity index (χ4n) is 5.81. The summed E-state index contributed by atoms with van der Waals surface area (Å²) >= 11 is 0. The highest BCUT2D eigenvalue weighted by Gasteiger charge is 2.38. The van der Waals surface area contributed by atoms with Crippen molar-refractivity contribution in [3.05, 3.63) is 77.8 Å². The first-order valence-electron chi connectivity index (χ1n) is 17.8. The maximum absolute atomic E-state index is 15.0. The summed E-state index contributed by atoms with van der Waals surface area (Å²) < 4.78 is 36.3. The van der Waals surface area contributed by atoms with Crippen LogP contribution < -0.4 is 16.0 Å². The molecule has 290 valence electrons. The molecule has 3 atom stereocenters. The van der Waals surface area contributed by atoms with Crippen molar-refractivity contribution >= 4 is 23.8 Å². The molecule has 3 rings (SSSR count). The Bertz CT molecular complexity index is 1720. The van der Waals surface area contributed by atoms with Crippen molar-refractivity contribution in [2.45, 2.75) is 99.0 Å². The Balaban J connectivity index is 1.81. The van der Waals surface area contributed by atoms with Crippen molar-refractivity contribution in [3.63, 3.8) is 0 Å². The van der Waals surface area contributed by atoms with E-state index < -0.39 is 71.2 Å². The number of halogens is 2. The number of amides is 4. The molecule has 0 bridgehead atoms. The van der Waals surface area contributed by atoms with Gasteiger partial charge in [0.05, 0.1) is 11.7 Å². The van der Waals surface area contributed by atoms with E-state index in [1.807, 2.05) is 51.1 Å². The van der Waals surface area contributed by atoms with Crippen LogP contribution in [0.15, 0.2) is 54.7 Å². The molecule has 4 N–H and O–H groups in total. The normalized spacial score (nSPS) is 13.5. The number of alkyl carbamates (subject to hydrolysis) is 1. The highest BCUT2D eigenvalue weighted by atomic mass is 19.1. The van der Waals surface area contributed by atoms with Gasteiger partial charge in [0.15, 0.2) is 0 Å². The molecular weight excluding hydrogens is 686 g/mol. The molecule has 1 aromatic heterocycles. The molecule has 53 heavy (non-hydrogen) atoms. The van der Waals surface area contributed by atoms with E-state index in [4.69, 9.17) is 9.72 Å². The molecule has 0 fully saturated rings. The minimum Gasteiger partial charge on any atom is -0.444 e. The van der Waals surface area contributed by atoms with Crippen LogP contribution in [0.25, 0.3) is 11.3 Å². The number of hydrogen-bond donors (Lipinski definition) is 4. The van der Waals surface area contributed by atoms with Crippen molar-refractivity contribution in [1.82, 2.24) is 30.4 Å². The minimum absolute atomic E-state index is 0.0324. The number of nitrogens with one attached hydrogen (secondary N) is 3. The molecule has 3 aromatic rings. The SMILES string of the molecule is CC(NC(=O)C(NC(=O)OC(C)(C)C)C(C)C)C(=O)NCCCN(C(=O)CO)C(c1nc(-c2cc(F)ccc2F)cn1Cc1ccccc1)C(C)(C)C. The molecular formula is C39H54F2N6O6. The first-order valence-corrected chi connectivity index (χ1v) is 17.8. The van der Waals surface area contributed by atoms with E-state index in [9.17, 15) is 33.1 Å². The number of benzene rings is 2. The lowest BCUT2D eigenvalue weighted by molar-refractivity contribution is -0.139. The van der Waals surface area contributed by atoms with Gasteiger partial charge in [0.2, 0.25) is 17.7 Å². The molecule has 0 aliphatic carbocycles.